The van der Waals surface area contributed by atoms with Crippen molar-refractivity contribution in [3.05, 3.63) is 18.2 Å². The maximum atomic E-state index is 11.9. The van der Waals surface area contributed by atoms with Crippen LogP contribution in [0.25, 0.3) is 0 Å². The van der Waals surface area contributed by atoms with Gasteiger partial charge in [-0.05, 0) is 25.7 Å². The van der Waals surface area contributed by atoms with Gasteiger partial charge < -0.3 is 20.7 Å². The number of H-pyrrole nitrogens is 1. The number of nitrogens with one attached hydrogen (secondary N) is 3. The highest BCUT2D eigenvalue weighted by molar-refractivity contribution is 5.74. The first-order valence-electron chi connectivity index (χ1n) is 7.34. The lowest BCUT2D eigenvalue weighted by molar-refractivity contribution is -0.144. The molecule has 0 aromatic carbocycles. The summed E-state index contributed by atoms with van der Waals surface area (Å²) in [6.07, 6.45) is 6.86. The van der Waals surface area contributed by atoms with Gasteiger partial charge in [-0.25, -0.2) is 9.78 Å². The van der Waals surface area contributed by atoms with Crippen LogP contribution < -0.4 is 10.6 Å². The molecule has 116 valence electrons. The van der Waals surface area contributed by atoms with E-state index in [9.17, 15) is 14.7 Å². The summed E-state index contributed by atoms with van der Waals surface area (Å²) in [6, 6.07) is -0.518. The molecule has 0 saturated heterocycles. The molecule has 0 aliphatic heterocycles. The summed E-state index contributed by atoms with van der Waals surface area (Å²) in [4.78, 5) is 30.1. The molecule has 2 amide bonds. The zero-order valence-corrected chi connectivity index (χ0v) is 12.1. The van der Waals surface area contributed by atoms with Gasteiger partial charge in [0.05, 0.1) is 12.0 Å². The average molecular weight is 294 g/mol. The Kier molecular flexibility index (Phi) is 5.19. The van der Waals surface area contributed by atoms with Crippen LogP contribution in [-0.2, 0) is 4.79 Å². The van der Waals surface area contributed by atoms with Gasteiger partial charge >= 0.3 is 12.0 Å². The molecule has 1 heterocycles. The van der Waals surface area contributed by atoms with Crippen molar-refractivity contribution in [1.82, 2.24) is 20.6 Å². The highest BCUT2D eigenvalue weighted by Gasteiger charge is 2.30. The lowest BCUT2D eigenvalue weighted by Crippen LogP contribution is -2.42. The smallest absolute Gasteiger partial charge is 0.315 e. The van der Waals surface area contributed by atoms with Crippen LogP contribution >= 0.6 is 0 Å². The zero-order chi connectivity index (χ0) is 15.2. The number of nitrogens with zero attached hydrogens (tertiary/aromatic N) is 1. The molecular formula is C14H22N4O3. The summed E-state index contributed by atoms with van der Waals surface area (Å²) in [5.74, 6) is -0.403. The van der Waals surface area contributed by atoms with Crippen molar-refractivity contribution in [3.8, 4) is 0 Å². The van der Waals surface area contributed by atoms with Gasteiger partial charge in [0.25, 0.3) is 0 Å². The van der Waals surface area contributed by atoms with Crippen LogP contribution in [0.3, 0.4) is 0 Å². The van der Waals surface area contributed by atoms with E-state index in [0.29, 0.717) is 18.8 Å². The summed E-state index contributed by atoms with van der Waals surface area (Å²) in [6.45, 7) is 2.23. The fourth-order valence-corrected chi connectivity index (χ4v) is 2.83. The molecule has 1 fully saturated rings. The third-order valence-corrected chi connectivity index (χ3v) is 4.03. The molecule has 2 rings (SSSR count). The third kappa shape index (κ3) is 4.21. The zero-order valence-electron chi connectivity index (χ0n) is 12.1. The van der Waals surface area contributed by atoms with E-state index >= 15 is 0 Å². The number of rotatable bonds is 5. The predicted octanol–water partition coefficient (Wildman–Crippen LogP) is 1.66. The number of hydrogen-bond acceptors (Lipinski definition) is 3. The van der Waals surface area contributed by atoms with Crippen molar-refractivity contribution in [1.29, 1.82) is 0 Å². The second-order valence-electron chi connectivity index (χ2n) is 5.54. The molecule has 1 aromatic heterocycles. The van der Waals surface area contributed by atoms with Crippen molar-refractivity contribution in [2.24, 2.45) is 11.8 Å². The summed E-state index contributed by atoms with van der Waals surface area (Å²) < 4.78 is 0. The van der Waals surface area contributed by atoms with Crippen LogP contribution in [0.5, 0.6) is 0 Å². The largest absolute Gasteiger partial charge is 0.481 e. The molecule has 1 saturated carbocycles. The molecule has 4 N–H and O–H groups in total. The van der Waals surface area contributed by atoms with E-state index in [1.807, 2.05) is 6.92 Å². The van der Waals surface area contributed by atoms with Gasteiger partial charge in [-0.3, -0.25) is 4.79 Å². The standard InChI is InChI=1S/C14H22N4O3/c1-9(12-15-6-7-16-12)18-14(21)17-8-10-4-2-3-5-11(10)13(19)20/h6-7,9-11H,2-5,8H2,1H3,(H,15,16)(H,19,20)(H2,17,18,21). The maximum Gasteiger partial charge on any atom is 0.315 e. The number of amides is 2. The summed E-state index contributed by atoms with van der Waals surface area (Å²) in [5.41, 5.74) is 0. The minimum absolute atomic E-state index is 0.0147. The Bertz CT molecular complexity index is 475. The van der Waals surface area contributed by atoms with Crippen LogP contribution in [0.1, 0.15) is 44.5 Å². The monoisotopic (exact) mass is 294 g/mol. The quantitative estimate of drug-likeness (QED) is 0.662. The molecule has 0 bridgehead atoms. The molecular weight excluding hydrogens is 272 g/mol. The van der Waals surface area contributed by atoms with Gasteiger partial charge in [0.1, 0.15) is 5.82 Å². The lowest BCUT2D eigenvalue weighted by Gasteiger charge is -2.28. The fraction of sp³-hybridized carbons (Fsp3) is 0.643. The lowest BCUT2D eigenvalue weighted by atomic mass is 9.79. The van der Waals surface area contributed by atoms with Gasteiger partial charge in [0, 0.05) is 18.9 Å². The second-order valence-corrected chi connectivity index (χ2v) is 5.54. The first kappa shape index (κ1) is 15.3. The number of carbonyl (C=O) groups excluding carboxylic acids is 1. The number of imidazole rings is 1. The number of aromatic nitrogens is 2. The van der Waals surface area contributed by atoms with Crippen LogP contribution in [-0.4, -0.2) is 33.6 Å². The van der Waals surface area contributed by atoms with Gasteiger partial charge in [0.2, 0.25) is 0 Å². The topological polar surface area (TPSA) is 107 Å². The Hall–Kier alpha value is -2.05. The first-order valence-corrected chi connectivity index (χ1v) is 7.34. The van der Waals surface area contributed by atoms with Crippen LogP contribution in [0, 0.1) is 11.8 Å². The number of carbonyl (C=O) groups is 2. The normalized spacial score (nSPS) is 23.3. The highest BCUT2D eigenvalue weighted by Crippen LogP contribution is 2.29. The number of carboxylic acids is 1. The van der Waals surface area contributed by atoms with Crippen LogP contribution in [0.15, 0.2) is 12.4 Å². The van der Waals surface area contributed by atoms with Crippen molar-refractivity contribution in [2.75, 3.05) is 6.54 Å². The third-order valence-electron chi connectivity index (χ3n) is 4.03. The molecule has 0 radical (unpaired) electrons. The molecule has 0 spiro atoms. The summed E-state index contributed by atoms with van der Waals surface area (Å²) >= 11 is 0. The minimum Gasteiger partial charge on any atom is -0.481 e. The number of aliphatic carboxylic acids is 1. The van der Waals surface area contributed by atoms with Gasteiger partial charge in [-0.1, -0.05) is 12.8 Å². The molecule has 1 aliphatic carbocycles. The number of urea groups is 1. The fourth-order valence-electron chi connectivity index (χ4n) is 2.83. The highest BCUT2D eigenvalue weighted by atomic mass is 16.4. The molecule has 3 atom stereocenters. The van der Waals surface area contributed by atoms with Gasteiger partial charge in [-0.2, -0.15) is 0 Å². The van der Waals surface area contributed by atoms with Crippen molar-refractivity contribution >= 4 is 12.0 Å². The van der Waals surface area contributed by atoms with Crippen LogP contribution in [0.4, 0.5) is 4.79 Å². The maximum absolute atomic E-state index is 11.9. The molecule has 21 heavy (non-hydrogen) atoms. The number of carboxylic acid groups (broad SMARTS) is 1. The Morgan fingerprint density at radius 3 is 2.90 bits per heavy atom. The molecule has 3 unspecified atom stereocenters. The van der Waals surface area contributed by atoms with E-state index in [1.54, 1.807) is 12.4 Å². The average Bonchev–Trinajstić information content (AvgIpc) is 2.99. The van der Waals surface area contributed by atoms with E-state index < -0.39 is 5.97 Å². The summed E-state index contributed by atoms with van der Waals surface area (Å²) in [5, 5.41) is 14.8. The van der Waals surface area contributed by atoms with E-state index in [4.69, 9.17) is 0 Å². The summed E-state index contributed by atoms with van der Waals surface area (Å²) in [7, 11) is 0. The molecule has 1 aromatic rings. The van der Waals surface area contributed by atoms with Gasteiger partial charge in [0.15, 0.2) is 0 Å². The van der Waals surface area contributed by atoms with E-state index in [2.05, 4.69) is 20.6 Å². The first-order chi connectivity index (χ1) is 10.1. The SMILES string of the molecule is CC(NC(=O)NCC1CCCCC1C(=O)O)c1ncc[nH]1. The van der Waals surface area contributed by atoms with E-state index in [1.165, 1.54) is 0 Å². The predicted molar refractivity (Wildman–Crippen MR) is 76.6 cm³/mol. The molecule has 7 heteroatoms. The Balaban J connectivity index is 1.79. The second kappa shape index (κ2) is 7.10. The minimum atomic E-state index is -0.758. The van der Waals surface area contributed by atoms with E-state index in [-0.39, 0.29) is 23.9 Å². The van der Waals surface area contributed by atoms with Crippen molar-refractivity contribution in [2.45, 2.75) is 38.6 Å². The van der Waals surface area contributed by atoms with Crippen molar-refractivity contribution in [3.63, 3.8) is 0 Å². The molecule has 1 aliphatic rings. The Morgan fingerprint density at radius 1 is 1.48 bits per heavy atom. The number of aromatic amines is 1. The van der Waals surface area contributed by atoms with E-state index in [0.717, 1.165) is 19.3 Å². The Morgan fingerprint density at radius 2 is 2.24 bits per heavy atom. The van der Waals surface area contributed by atoms with Crippen molar-refractivity contribution < 1.29 is 14.7 Å². The number of hydrogen-bond donors (Lipinski definition) is 4. The Labute approximate surface area is 123 Å². The molecule has 7 nitrogen and oxygen atoms in total. The van der Waals surface area contributed by atoms with Crippen LogP contribution in [0.2, 0.25) is 0 Å². The van der Waals surface area contributed by atoms with Gasteiger partial charge in [-0.15, -0.1) is 0 Å².